The van der Waals surface area contributed by atoms with Crippen molar-refractivity contribution in [2.24, 2.45) is 5.92 Å². The van der Waals surface area contributed by atoms with E-state index in [1.165, 1.54) is 11.8 Å². The first-order valence-electron chi connectivity index (χ1n) is 6.15. The second-order valence-electron chi connectivity index (χ2n) is 4.25. The molecule has 2 unspecified atom stereocenters. The quantitative estimate of drug-likeness (QED) is 0.520. The van der Waals surface area contributed by atoms with Gasteiger partial charge in [-0.2, -0.15) is 0 Å². The van der Waals surface area contributed by atoms with Crippen molar-refractivity contribution in [3.63, 3.8) is 0 Å². The van der Waals surface area contributed by atoms with Gasteiger partial charge in [-0.15, -0.1) is 0 Å². The maximum atomic E-state index is 9.13. The molecule has 1 heterocycles. The van der Waals surface area contributed by atoms with Crippen molar-refractivity contribution in [3.05, 3.63) is 6.07 Å². The molecule has 1 rings (SSSR count). The predicted octanol–water partition coefficient (Wildman–Crippen LogP) is 2.06. The summed E-state index contributed by atoms with van der Waals surface area (Å²) in [7, 11) is 0. The number of nitrogens with one attached hydrogen (secondary N) is 2. The molecule has 0 radical (unpaired) electrons. The minimum absolute atomic E-state index is 0.161. The van der Waals surface area contributed by atoms with Gasteiger partial charge >= 0.3 is 0 Å². The minimum atomic E-state index is 0.161. The third-order valence-corrected chi connectivity index (χ3v) is 3.31. The number of nitrogens with zero attached hydrogens (tertiary/aromatic N) is 2. The van der Waals surface area contributed by atoms with Gasteiger partial charge in [0.1, 0.15) is 11.6 Å². The van der Waals surface area contributed by atoms with E-state index < -0.39 is 0 Å². The Morgan fingerprint density at radius 1 is 1.33 bits per heavy atom. The van der Waals surface area contributed by atoms with Crippen LogP contribution in [0.1, 0.15) is 20.8 Å². The van der Waals surface area contributed by atoms with E-state index in [4.69, 9.17) is 5.11 Å². The van der Waals surface area contributed by atoms with Gasteiger partial charge in [-0.1, -0.05) is 18.7 Å². The Bertz CT molecular complexity index is 375. The molecule has 1 aromatic rings. The molecule has 0 aliphatic rings. The normalized spacial score (nSPS) is 14.1. The Labute approximate surface area is 113 Å². The molecule has 0 fully saturated rings. The SMILES string of the molecule is CCNc1cc(NC(C)C(C)CO)nc(SC)n1. The van der Waals surface area contributed by atoms with Crippen LogP contribution in [0.3, 0.4) is 0 Å². The van der Waals surface area contributed by atoms with E-state index in [0.717, 1.165) is 23.3 Å². The second kappa shape index (κ2) is 7.43. The zero-order valence-corrected chi connectivity index (χ0v) is 12.2. The molecule has 0 aliphatic carbocycles. The van der Waals surface area contributed by atoms with Crippen molar-refractivity contribution in [2.75, 3.05) is 30.0 Å². The summed E-state index contributed by atoms with van der Waals surface area (Å²) in [5.74, 6) is 1.79. The van der Waals surface area contributed by atoms with E-state index in [1.54, 1.807) is 0 Å². The van der Waals surface area contributed by atoms with E-state index in [0.29, 0.717) is 0 Å². The Balaban J connectivity index is 2.83. The monoisotopic (exact) mass is 270 g/mol. The molecule has 2 atom stereocenters. The number of hydrogen-bond donors (Lipinski definition) is 3. The number of anilines is 2. The lowest BCUT2D eigenvalue weighted by Crippen LogP contribution is -2.26. The van der Waals surface area contributed by atoms with Crippen LogP contribution in [0.25, 0.3) is 0 Å². The third-order valence-electron chi connectivity index (χ3n) is 2.76. The van der Waals surface area contributed by atoms with Crippen molar-refractivity contribution < 1.29 is 5.11 Å². The number of aromatic nitrogens is 2. The molecule has 6 heteroatoms. The van der Waals surface area contributed by atoms with Crippen molar-refractivity contribution in [1.29, 1.82) is 0 Å². The lowest BCUT2D eigenvalue weighted by Gasteiger charge is -2.20. The lowest BCUT2D eigenvalue weighted by molar-refractivity contribution is 0.226. The van der Waals surface area contributed by atoms with Crippen LogP contribution in [0.5, 0.6) is 0 Å². The van der Waals surface area contributed by atoms with Crippen LogP contribution in [0.15, 0.2) is 11.2 Å². The van der Waals surface area contributed by atoms with E-state index in [2.05, 4.69) is 20.6 Å². The van der Waals surface area contributed by atoms with Crippen LogP contribution in [0.4, 0.5) is 11.6 Å². The summed E-state index contributed by atoms with van der Waals surface area (Å²) in [4.78, 5) is 8.78. The molecular formula is C12H22N4OS. The zero-order valence-electron chi connectivity index (χ0n) is 11.4. The van der Waals surface area contributed by atoms with E-state index in [9.17, 15) is 0 Å². The average Bonchev–Trinajstić information content (AvgIpc) is 2.37. The summed E-state index contributed by atoms with van der Waals surface area (Å²) in [6.45, 7) is 7.06. The van der Waals surface area contributed by atoms with E-state index >= 15 is 0 Å². The summed E-state index contributed by atoms with van der Waals surface area (Å²) in [5.41, 5.74) is 0. The van der Waals surface area contributed by atoms with Gasteiger partial charge in [-0.3, -0.25) is 0 Å². The fourth-order valence-electron chi connectivity index (χ4n) is 1.40. The van der Waals surface area contributed by atoms with Crippen LogP contribution in [-0.4, -0.2) is 40.5 Å². The standard InChI is InChI=1S/C12H22N4OS/c1-5-13-10-6-11(16-12(15-10)18-4)14-9(3)8(2)7-17/h6,8-9,17H,5,7H2,1-4H3,(H2,13,14,15,16). The molecular weight excluding hydrogens is 248 g/mol. The average molecular weight is 270 g/mol. The Morgan fingerprint density at radius 3 is 2.56 bits per heavy atom. The van der Waals surface area contributed by atoms with Gasteiger partial charge in [0.2, 0.25) is 0 Å². The molecule has 102 valence electrons. The van der Waals surface area contributed by atoms with Crippen LogP contribution >= 0.6 is 11.8 Å². The molecule has 18 heavy (non-hydrogen) atoms. The molecule has 0 spiro atoms. The van der Waals surface area contributed by atoms with Gasteiger partial charge in [0.15, 0.2) is 5.16 Å². The lowest BCUT2D eigenvalue weighted by atomic mass is 10.1. The molecule has 0 bridgehead atoms. The van der Waals surface area contributed by atoms with Gasteiger partial charge < -0.3 is 15.7 Å². The largest absolute Gasteiger partial charge is 0.396 e. The fourth-order valence-corrected chi connectivity index (χ4v) is 1.77. The molecule has 0 amide bonds. The summed E-state index contributed by atoms with van der Waals surface area (Å²) in [5, 5.41) is 16.4. The van der Waals surface area contributed by atoms with E-state index in [-0.39, 0.29) is 18.6 Å². The topological polar surface area (TPSA) is 70.1 Å². The summed E-state index contributed by atoms with van der Waals surface area (Å²) in [6.07, 6.45) is 1.95. The Kier molecular flexibility index (Phi) is 6.21. The van der Waals surface area contributed by atoms with Crippen LogP contribution in [-0.2, 0) is 0 Å². The highest BCUT2D eigenvalue weighted by atomic mass is 32.2. The second-order valence-corrected chi connectivity index (χ2v) is 5.02. The molecule has 1 aromatic heterocycles. The summed E-state index contributed by atoms with van der Waals surface area (Å²) < 4.78 is 0. The highest BCUT2D eigenvalue weighted by Gasteiger charge is 2.12. The van der Waals surface area contributed by atoms with Gasteiger partial charge in [0.25, 0.3) is 0 Å². The number of rotatable bonds is 7. The van der Waals surface area contributed by atoms with Crippen molar-refractivity contribution in [1.82, 2.24) is 9.97 Å². The van der Waals surface area contributed by atoms with Gasteiger partial charge in [0, 0.05) is 25.3 Å². The van der Waals surface area contributed by atoms with Crippen molar-refractivity contribution in [3.8, 4) is 0 Å². The Morgan fingerprint density at radius 2 is 2.00 bits per heavy atom. The minimum Gasteiger partial charge on any atom is -0.396 e. The first-order chi connectivity index (χ1) is 8.60. The van der Waals surface area contributed by atoms with E-state index in [1.807, 2.05) is 33.1 Å². The zero-order chi connectivity index (χ0) is 13.5. The van der Waals surface area contributed by atoms with Crippen LogP contribution in [0.2, 0.25) is 0 Å². The molecule has 0 aromatic carbocycles. The smallest absolute Gasteiger partial charge is 0.191 e. The fraction of sp³-hybridized carbons (Fsp3) is 0.667. The maximum absolute atomic E-state index is 9.13. The number of thioether (sulfide) groups is 1. The first-order valence-corrected chi connectivity index (χ1v) is 7.37. The summed E-state index contributed by atoms with van der Waals surface area (Å²) in [6, 6.07) is 2.05. The van der Waals surface area contributed by atoms with Gasteiger partial charge in [-0.25, -0.2) is 9.97 Å². The molecule has 0 aliphatic heterocycles. The molecule has 0 saturated carbocycles. The summed E-state index contributed by atoms with van der Waals surface area (Å²) >= 11 is 1.51. The molecule has 5 nitrogen and oxygen atoms in total. The first kappa shape index (κ1) is 15.0. The molecule has 3 N–H and O–H groups in total. The van der Waals surface area contributed by atoms with Crippen molar-refractivity contribution >= 4 is 23.4 Å². The van der Waals surface area contributed by atoms with Gasteiger partial charge in [-0.05, 0) is 26.0 Å². The molecule has 0 saturated heterocycles. The number of hydrogen-bond acceptors (Lipinski definition) is 6. The highest BCUT2D eigenvalue weighted by molar-refractivity contribution is 7.98. The number of aliphatic hydroxyl groups excluding tert-OH is 1. The number of aliphatic hydroxyl groups is 1. The highest BCUT2D eigenvalue weighted by Crippen LogP contribution is 2.19. The van der Waals surface area contributed by atoms with Crippen LogP contribution in [0, 0.1) is 5.92 Å². The van der Waals surface area contributed by atoms with Crippen LogP contribution < -0.4 is 10.6 Å². The predicted molar refractivity (Wildman–Crippen MR) is 77.3 cm³/mol. The Hall–Kier alpha value is -1.01. The third kappa shape index (κ3) is 4.34. The maximum Gasteiger partial charge on any atom is 0.191 e. The van der Waals surface area contributed by atoms with Crippen molar-refractivity contribution in [2.45, 2.75) is 32.0 Å². The van der Waals surface area contributed by atoms with Gasteiger partial charge in [0.05, 0.1) is 0 Å².